The van der Waals surface area contributed by atoms with Crippen molar-refractivity contribution in [2.24, 2.45) is 0 Å². The summed E-state index contributed by atoms with van der Waals surface area (Å²) in [6.45, 7) is 3.20. The van der Waals surface area contributed by atoms with Crippen LogP contribution in [0.1, 0.15) is 24.2 Å². The Kier molecular flexibility index (Phi) is 4.37. The first-order chi connectivity index (χ1) is 14.3. The van der Waals surface area contributed by atoms with Crippen LogP contribution < -0.4 is 10.1 Å². The molecule has 0 aliphatic carbocycles. The number of aromatic nitrogens is 3. The van der Waals surface area contributed by atoms with Gasteiger partial charge in [0.05, 0.1) is 24.6 Å². The summed E-state index contributed by atoms with van der Waals surface area (Å²) in [4.78, 5) is 10.5. The monoisotopic (exact) mass is 420 g/mol. The Morgan fingerprint density at radius 2 is 2.03 bits per heavy atom. The van der Waals surface area contributed by atoms with Gasteiger partial charge in [0.25, 0.3) is 0 Å². The number of nitrogens with one attached hydrogen (secondary N) is 2. The average molecular weight is 420 g/mol. The standard InChI is InChI=1S/C20H19F3N4O3/c1-19(8-28-9-19)30-14-7-29-13-5-3-2-4-11(13)16(14)27-18-12-6-15(20(21,22)23)26-17(12)24-10-25-18/h2-6,10,14,16H,7-9H2,1H3,(H2,24,25,26,27). The number of benzene rings is 1. The first-order valence-corrected chi connectivity index (χ1v) is 9.47. The van der Waals surface area contributed by atoms with Crippen LogP contribution in [0.5, 0.6) is 5.75 Å². The molecule has 1 fully saturated rings. The lowest BCUT2D eigenvalue weighted by Gasteiger charge is -2.44. The molecule has 5 rings (SSSR count). The Morgan fingerprint density at radius 1 is 1.23 bits per heavy atom. The Hall–Kier alpha value is -2.85. The molecule has 7 nitrogen and oxygen atoms in total. The molecule has 158 valence electrons. The number of aromatic amines is 1. The van der Waals surface area contributed by atoms with Crippen LogP contribution in [0, 0.1) is 0 Å². The topological polar surface area (TPSA) is 81.3 Å². The fourth-order valence-electron chi connectivity index (χ4n) is 3.79. The Bertz CT molecular complexity index is 1080. The SMILES string of the molecule is CC1(OC2COc3ccccc3C2Nc2ncnc3[nH]c(C(F)(F)F)cc23)COC1. The van der Waals surface area contributed by atoms with Crippen molar-refractivity contribution in [3.05, 3.63) is 47.9 Å². The van der Waals surface area contributed by atoms with Crippen molar-refractivity contribution in [2.45, 2.75) is 30.8 Å². The molecule has 0 radical (unpaired) electrons. The summed E-state index contributed by atoms with van der Waals surface area (Å²) >= 11 is 0. The van der Waals surface area contributed by atoms with E-state index in [1.54, 1.807) is 0 Å². The van der Waals surface area contributed by atoms with E-state index >= 15 is 0 Å². The van der Waals surface area contributed by atoms with Gasteiger partial charge < -0.3 is 24.5 Å². The van der Waals surface area contributed by atoms with Gasteiger partial charge in [0, 0.05) is 5.56 Å². The molecule has 2 aliphatic heterocycles. The number of ether oxygens (including phenoxy) is 3. The first-order valence-electron chi connectivity index (χ1n) is 9.47. The Balaban J connectivity index is 1.52. The highest BCUT2D eigenvalue weighted by Gasteiger charge is 2.42. The molecule has 0 spiro atoms. The van der Waals surface area contributed by atoms with Crippen molar-refractivity contribution in [3.63, 3.8) is 0 Å². The van der Waals surface area contributed by atoms with Crippen LogP contribution in [-0.4, -0.2) is 46.5 Å². The average Bonchev–Trinajstić information content (AvgIpc) is 3.14. The van der Waals surface area contributed by atoms with E-state index in [-0.39, 0.29) is 29.0 Å². The number of fused-ring (bicyclic) bond motifs is 2. The van der Waals surface area contributed by atoms with E-state index in [1.807, 2.05) is 31.2 Å². The Labute approximate surface area is 169 Å². The summed E-state index contributed by atoms with van der Waals surface area (Å²) in [6, 6.07) is 8.12. The van der Waals surface area contributed by atoms with Crippen molar-refractivity contribution in [3.8, 4) is 5.75 Å². The molecule has 2 unspecified atom stereocenters. The van der Waals surface area contributed by atoms with Gasteiger partial charge in [0.15, 0.2) is 0 Å². The van der Waals surface area contributed by atoms with Crippen LogP contribution >= 0.6 is 0 Å². The molecule has 1 saturated heterocycles. The maximum Gasteiger partial charge on any atom is 0.431 e. The molecule has 0 saturated carbocycles. The fourth-order valence-corrected chi connectivity index (χ4v) is 3.79. The third-order valence-corrected chi connectivity index (χ3v) is 5.30. The van der Waals surface area contributed by atoms with E-state index in [0.29, 0.717) is 25.6 Å². The van der Waals surface area contributed by atoms with Gasteiger partial charge in [-0.25, -0.2) is 9.97 Å². The molecule has 10 heteroatoms. The molecule has 2 N–H and O–H groups in total. The van der Waals surface area contributed by atoms with E-state index in [2.05, 4.69) is 20.3 Å². The molecule has 2 aliphatic rings. The molecule has 3 aromatic rings. The molecule has 30 heavy (non-hydrogen) atoms. The summed E-state index contributed by atoms with van der Waals surface area (Å²) < 4.78 is 56.9. The summed E-state index contributed by atoms with van der Waals surface area (Å²) in [5, 5.41) is 3.54. The third-order valence-electron chi connectivity index (χ3n) is 5.30. The molecular weight excluding hydrogens is 401 g/mol. The minimum Gasteiger partial charge on any atom is -0.490 e. The van der Waals surface area contributed by atoms with Crippen molar-refractivity contribution < 1.29 is 27.4 Å². The number of hydrogen-bond donors (Lipinski definition) is 2. The zero-order chi connectivity index (χ0) is 20.9. The summed E-state index contributed by atoms with van der Waals surface area (Å²) in [6.07, 6.45) is -3.67. The highest BCUT2D eigenvalue weighted by atomic mass is 19.4. The highest BCUT2D eigenvalue weighted by Crippen LogP contribution is 2.39. The van der Waals surface area contributed by atoms with Gasteiger partial charge in [-0.05, 0) is 19.1 Å². The van der Waals surface area contributed by atoms with Crippen LogP contribution in [0.15, 0.2) is 36.7 Å². The number of nitrogens with zero attached hydrogens (tertiary/aromatic N) is 2. The van der Waals surface area contributed by atoms with Gasteiger partial charge in [-0.2, -0.15) is 13.2 Å². The lowest BCUT2D eigenvalue weighted by atomic mass is 9.96. The zero-order valence-corrected chi connectivity index (χ0v) is 16.0. The van der Waals surface area contributed by atoms with Crippen molar-refractivity contribution in [1.29, 1.82) is 0 Å². The quantitative estimate of drug-likeness (QED) is 0.670. The van der Waals surface area contributed by atoms with E-state index in [1.165, 1.54) is 6.33 Å². The van der Waals surface area contributed by atoms with Crippen LogP contribution in [0.2, 0.25) is 0 Å². The van der Waals surface area contributed by atoms with E-state index in [0.717, 1.165) is 11.6 Å². The van der Waals surface area contributed by atoms with Gasteiger partial charge in [-0.15, -0.1) is 0 Å². The minimum absolute atomic E-state index is 0.108. The summed E-state index contributed by atoms with van der Waals surface area (Å²) in [5.41, 5.74) is -0.355. The van der Waals surface area contributed by atoms with E-state index in [4.69, 9.17) is 14.2 Å². The maximum atomic E-state index is 13.2. The lowest BCUT2D eigenvalue weighted by molar-refractivity contribution is -0.229. The molecule has 1 aromatic carbocycles. The van der Waals surface area contributed by atoms with Gasteiger partial charge in [-0.1, -0.05) is 18.2 Å². The van der Waals surface area contributed by atoms with Gasteiger partial charge >= 0.3 is 6.18 Å². The molecule has 2 atom stereocenters. The molecule has 0 bridgehead atoms. The van der Waals surface area contributed by atoms with Crippen LogP contribution in [0.3, 0.4) is 0 Å². The molecular formula is C20H19F3N4O3. The summed E-state index contributed by atoms with van der Waals surface area (Å²) in [5.74, 6) is 0.984. The van der Waals surface area contributed by atoms with E-state index in [9.17, 15) is 13.2 Å². The van der Waals surface area contributed by atoms with Crippen molar-refractivity contribution >= 4 is 16.9 Å². The predicted octanol–water partition coefficient (Wildman–Crippen LogP) is 3.70. The lowest BCUT2D eigenvalue weighted by Crippen LogP contribution is -2.54. The van der Waals surface area contributed by atoms with Gasteiger partial charge in [0.2, 0.25) is 0 Å². The number of H-pyrrole nitrogens is 1. The van der Waals surface area contributed by atoms with Crippen molar-refractivity contribution in [2.75, 3.05) is 25.1 Å². The van der Waals surface area contributed by atoms with E-state index < -0.39 is 17.5 Å². The Morgan fingerprint density at radius 3 is 2.77 bits per heavy atom. The van der Waals surface area contributed by atoms with Gasteiger partial charge in [-0.3, -0.25) is 0 Å². The number of para-hydroxylation sites is 1. The molecule has 2 aromatic heterocycles. The van der Waals surface area contributed by atoms with Crippen molar-refractivity contribution in [1.82, 2.24) is 15.0 Å². The van der Waals surface area contributed by atoms with Gasteiger partial charge in [0.1, 0.15) is 47.5 Å². The van der Waals surface area contributed by atoms with Crippen LogP contribution in [0.4, 0.5) is 19.0 Å². The normalized spacial score (nSPS) is 22.8. The van der Waals surface area contributed by atoms with Crippen LogP contribution in [0.25, 0.3) is 11.0 Å². The minimum atomic E-state index is -4.51. The maximum absolute atomic E-state index is 13.2. The highest BCUT2D eigenvalue weighted by molar-refractivity contribution is 5.88. The first kappa shape index (κ1) is 19.1. The smallest absolute Gasteiger partial charge is 0.431 e. The number of alkyl halides is 3. The number of hydrogen-bond acceptors (Lipinski definition) is 6. The largest absolute Gasteiger partial charge is 0.490 e. The second-order valence-electron chi connectivity index (χ2n) is 7.74. The zero-order valence-electron chi connectivity index (χ0n) is 16.0. The number of anilines is 1. The predicted molar refractivity (Wildman–Crippen MR) is 101 cm³/mol. The van der Waals surface area contributed by atoms with Crippen LogP contribution in [-0.2, 0) is 15.7 Å². The second-order valence-corrected chi connectivity index (χ2v) is 7.74. The summed E-state index contributed by atoms with van der Waals surface area (Å²) in [7, 11) is 0. The number of halogens is 3. The molecule has 4 heterocycles. The number of rotatable bonds is 4. The third kappa shape index (κ3) is 3.35. The second kappa shape index (κ2) is 6.85. The fraction of sp³-hybridized carbons (Fsp3) is 0.400. The molecule has 0 amide bonds.